The van der Waals surface area contributed by atoms with Crippen LogP contribution in [0.3, 0.4) is 0 Å². The lowest BCUT2D eigenvalue weighted by Gasteiger charge is -2.09. The van der Waals surface area contributed by atoms with Crippen molar-refractivity contribution in [1.82, 2.24) is 0 Å². The van der Waals surface area contributed by atoms with Gasteiger partial charge in [0.2, 0.25) is 0 Å². The Morgan fingerprint density at radius 2 is 1.89 bits per heavy atom. The van der Waals surface area contributed by atoms with E-state index in [1.54, 1.807) is 12.1 Å². The van der Waals surface area contributed by atoms with Gasteiger partial charge in [-0.2, -0.15) is 0 Å². The van der Waals surface area contributed by atoms with Crippen LogP contribution in [0, 0.1) is 13.8 Å². The van der Waals surface area contributed by atoms with E-state index in [9.17, 15) is 4.79 Å². The molecule has 0 amide bonds. The maximum Gasteiger partial charge on any atom is 0.200 e. The molecule has 0 radical (unpaired) electrons. The molecule has 0 aliphatic rings. The SMILES string of the molecule is Cc1ccc(C(=O)COc2ccccc2N)c(C)c1. The monoisotopic (exact) mass is 255 g/mol. The molecule has 2 rings (SSSR count). The first kappa shape index (κ1) is 13.1. The van der Waals surface area contributed by atoms with Crippen LogP contribution in [0.1, 0.15) is 21.5 Å². The first-order valence-corrected chi connectivity index (χ1v) is 6.15. The van der Waals surface area contributed by atoms with Gasteiger partial charge in [0.15, 0.2) is 12.4 Å². The number of nitrogen functional groups attached to an aromatic ring is 1. The Morgan fingerprint density at radius 3 is 2.58 bits per heavy atom. The molecule has 0 unspecified atom stereocenters. The van der Waals surface area contributed by atoms with Gasteiger partial charge in [0.05, 0.1) is 5.69 Å². The number of carbonyl (C=O) groups is 1. The Labute approximate surface area is 113 Å². The van der Waals surface area contributed by atoms with Crippen molar-refractivity contribution >= 4 is 11.5 Å². The zero-order valence-corrected chi connectivity index (χ0v) is 11.1. The molecular weight excluding hydrogens is 238 g/mol. The molecule has 0 aliphatic carbocycles. The summed E-state index contributed by atoms with van der Waals surface area (Å²) in [7, 11) is 0. The number of nitrogens with two attached hydrogens (primary N) is 1. The smallest absolute Gasteiger partial charge is 0.200 e. The lowest BCUT2D eigenvalue weighted by Crippen LogP contribution is -2.13. The Balaban J connectivity index is 2.08. The normalized spacial score (nSPS) is 10.2. The minimum absolute atomic E-state index is 0.00187. The zero-order valence-electron chi connectivity index (χ0n) is 11.1. The molecule has 0 saturated heterocycles. The molecule has 2 aromatic rings. The zero-order chi connectivity index (χ0) is 13.8. The first-order valence-electron chi connectivity index (χ1n) is 6.15. The van der Waals surface area contributed by atoms with Gasteiger partial charge in [-0.15, -0.1) is 0 Å². The summed E-state index contributed by atoms with van der Waals surface area (Å²) in [6.45, 7) is 3.93. The summed E-state index contributed by atoms with van der Waals surface area (Å²) in [4.78, 5) is 12.1. The second kappa shape index (κ2) is 5.57. The molecule has 0 atom stereocenters. The Morgan fingerprint density at radius 1 is 1.16 bits per heavy atom. The predicted octanol–water partition coefficient (Wildman–Crippen LogP) is 3.15. The fourth-order valence-corrected chi connectivity index (χ4v) is 1.96. The van der Waals surface area contributed by atoms with Crippen molar-refractivity contribution in [3.8, 4) is 5.75 Å². The molecule has 3 nitrogen and oxygen atoms in total. The van der Waals surface area contributed by atoms with E-state index in [0.29, 0.717) is 17.0 Å². The molecule has 2 N–H and O–H groups in total. The van der Waals surface area contributed by atoms with E-state index in [1.165, 1.54) is 0 Å². The van der Waals surface area contributed by atoms with Gasteiger partial charge in [-0.05, 0) is 31.5 Å². The average molecular weight is 255 g/mol. The molecule has 0 saturated carbocycles. The number of ether oxygens (including phenoxy) is 1. The van der Waals surface area contributed by atoms with Crippen LogP contribution in [0.5, 0.6) is 5.75 Å². The van der Waals surface area contributed by atoms with Crippen molar-refractivity contribution in [3.63, 3.8) is 0 Å². The third-order valence-corrected chi connectivity index (χ3v) is 2.96. The lowest BCUT2D eigenvalue weighted by atomic mass is 10.0. The van der Waals surface area contributed by atoms with Gasteiger partial charge >= 0.3 is 0 Å². The Hall–Kier alpha value is -2.29. The van der Waals surface area contributed by atoms with Crippen molar-refractivity contribution in [2.24, 2.45) is 0 Å². The maximum atomic E-state index is 12.1. The van der Waals surface area contributed by atoms with E-state index in [-0.39, 0.29) is 12.4 Å². The molecular formula is C16H17NO2. The number of hydrogen-bond donors (Lipinski definition) is 1. The van der Waals surface area contributed by atoms with Crippen LogP contribution in [0.2, 0.25) is 0 Å². The number of benzene rings is 2. The van der Waals surface area contributed by atoms with Gasteiger partial charge in [-0.25, -0.2) is 0 Å². The topological polar surface area (TPSA) is 52.3 Å². The van der Waals surface area contributed by atoms with Gasteiger partial charge in [0.25, 0.3) is 0 Å². The Bertz CT molecular complexity index is 605. The van der Waals surface area contributed by atoms with E-state index in [0.717, 1.165) is 11.1 Å². The van der Waals surface area contributed by atoms with Gasteiger partial charge in [0.1, 0.15) is 5.75 Å². The highest BCUT2D eigenvalue weighted by Crippen LogP contribution is 2.20. The number of hydrogen-bond acceptors (Lipinski definition) is 3. The Kier molecular flexibility index (Phi) is 3.85. The fourth-order valence-electron chi connectivity index (χ4n) is 1.96. The third-order valence-electron chi connectivity index (χ3n) is 2.96. The van der Waals surface area contributed by atoms with E-state index in [4.69, 9.17) is 10.5 Å². The van der Waals surface area contributed by atoms with E-state index in [2.05, 4.69) is 0 Å². The van der Waals surface area contributed by atoms with Gasteiger partial charge in [-0.3, -0.25) is 4.79 Å². The van der Waals surface area contributed by atoms with E-state index < -0.39 is 0 Å². The standard InChI is InChI=1S/C16H17NO2/c1-11-7-8-13(12(2)9-11)15(18)10-19-16-6-4-3-5-14(16)17/h3-9H,10,17H2,1-2H3. The van der Waals surface area contributed by atoms with Crippen molar-refractivity contribution in [1.29, 1.82) is 0 Å². The predicted molar refractivity (Wildman–Crippen MR) is 76.6 cm³/mol. The van der Waals surface area contributed by atoms with Crippen LogP contribution in [0.15, 0.2) is 42.5 Å². The molecule has 0 bridgehead atoms. The highest BCUT2D eigenvalue weighted by molar-refractivity contribution is 5.98. The molecule has 0 fully saturated rings. The highest BCUT2D eigenvalue weighted by atomic mass is 16.5. The fraction of sp³-hybridized carbons (Fsp3) is 0.188. The minimum Gasteiger partial charge on any atom is -0.483 e. The maximum absolute atomic E-state index is 12.1. The number of anilines is 1. The minimum atomic E-state index is -0.0410. The summed E-state index contributed by atoms with van der Waals surface area (Å²) in [5.41, 5.74) is 9.10. The van der Waals surface area contributed by atoms with Crippen molar-refractivity contribution in [2.45, 2.75) is 13.8 Å². The van der Waals surface area contributed by atoms with Crippen LogP contribution in [0.4, 0.5) is 5.69 Å². The van der Waals surface area contributed by atoms with Crippen molar-refractivity contribution in [2.75, 3.05) is 12.3 Å². The molecule has 0 heterocycles. The number of ketones is 1. The quantitative estimate of drug-likeness (QED) is 0.674. The summed E-state index contributed by atoms with van der Waals surface area (Å²) >= 11 is 0. The van der Waals surface area contributed by atoms with Gasteiger partial charge in [-0.1, -0.05) is 35.9 Å². The average Bonchev–Trinajstić information content (AvgIpc) is 2.37. The summed E-state index contributed by atoms with van der Waals surface area (Å²) in [5, 5.41) is 0. The van der Waals surface area contributed by atoms with E-state index >= 15 is 0 Å². The van der Waals surface area contributed by atoms with Gasteiger partial charge < -0.3 is 10.5 Å². The summed E-state index contributed by atoms with van der Waals surface area (Å²) in [5.74, 6) is 0.501. The highest BCUT2D eigenvalue weighted by Gasteiger charge is 2.10. The molecule has 0 aromatic heterocycles. The van der Waals surface area contributed by atoms with Crippen LogP contribution >= 0.6 is 0 Å². The molecule has 3 heteroatoms. The largest absolute Gasteiger partial charge is 0.483 e. The lowest BCUT2D eigenvalue weighted by molar-refractivity contribution is 0.0921. The van der Waals surface area contributed by atoms with Crippen LogP contribution in [0.25, 0.3) is 0 Å². The van der Waals surface area contributed by atoms with Crippen LogP contribution in [-0.4, -0.2) is 12.4 Å². The third kappa shape index (κ3) is 3.13. The summed E-state index contributed by atoms with van der Waals surface area (Å²) in [6, 6.07) is 12.9. The van der Waals surface area contributed by atoms with E-state index in [1.807, 2.05) is 44.2 Å². The molecule has 98 valence electrons. The van der Waals surface area contributed by atoms with Crippen LogP contribution in [-0.2, 0) is 0 Å². The van der Waals surface area contributed by atoms with Crippen molar-refractivity contribution < 1.29 is 9.53 Å². The van der Waals surface area contributed by atoms with Crippen molar-refractivity contribution in [3.05, 3.63) is 59.2 Å². The van der Waals surface area contributed by atoms with Gasteiger partial charge in [0, 0.05) is 5.56 Å². The molecule has 0 spiro atoms. The number of para-hydroxylation sites is 2. The number of rotatable bonds is 4. The molecule has 19 heavy (non-hydrogen) atoms. The number of aryl methyl sites for hydroxylation is 2. The molecule has 0 aliphatic heterocycles. The summed E-state index contributed by atoms with van der Waals surface area (Å²) in [6.07, 6.45) is 0. The first-order chi connectivity index (χ1) is 9.08. The number of Topliss-reactive ketones (excluding diaryl/α,β-unsaturated/α-hetero) is 1. The second-order valence-electron chi connectivity index (χ2n) is 4.57. The molecule has 2 aromatic carbocycles. The summed E-state index contributed by atoms with van der Waals surface area (Å²) < 4.78 is 5.46. The van der Waals surface area contributed by atoms with Crippen LogP contribution < -0.4 is 10.5 Å². The number of carbonyl (C=O) groups excluding carboxylic acids is 1. The second-order valence-corrected chi connectivity index (χ2v) is 4.57.